The van der Waals surface area contributed by atoms with Crippen LogP contribution in [0.3, 0.4) is 0 Å². The first-order valence-corrected chi connectivity index (χ1v) is 5.79. The smallest absolute Gasteiger partial charge is 0.341 e. The predicted molar refractivity (Wildman–Crippen MR) is 66.7 cm³/mol. The molecule has 0 aliphatic carbocycles. The van der Waals surface area contributed by atoms with Crippen molar-refractivity contribution in [3.63, 3.8) is 0 Å². The molecule has 0 bridgehead atoms. The molecule has 2 N–H and O–H groups in total. The molecule has 1 amide bonds. The Kier molecular flexibility index (Phi) is 5.17. The summed E-state index contributed by atoms with van der Waals surface area (Å²) in [6.07, 6.45) is 1.89. The first kappa shape index (κ1) is 14.0. The number of aromatic hydroxyl groups is 1. The van der Waals surface area contributed by atoms with Gasteiger partial charge in [0.25, 0.3) is 5.91 Å². The molecule has 0 aromatic heterocycles. The number of ether oxygens (including phenoxy) is 1. The van der Waals surface area contributed by atoms with Crippen LogP contribution in [0.1, 0.15) is 40.5 Å². The third-order valence-electron chi connectivity index (χ3n) is 2.48. The number of phenolic OH excluding ortho intramolecular Hbond substituents is 1. The normalized spacial score (nSPS) is 9.89. The number of methoxy groups -OCH3 is 1. The van der Waals surface area contributed by atoms with Crippen LogP contribution in [-0.2, 0) is 4.74 Å². The molecule has 1 rings (SSSR count). The molecule has 1 aromatic rings. The number of rotatable bonds is 5. The van der Waals surface area contributed by atoms with Gasteiger partial charge < -0.3 is 15.2 Å². The van der Waals surface area contributed by atoms with Gasteiger partial charge in [-0.3, -0.25) is 4.79 Å². The minimum absolute atomic E-state index is 0.0441. The minimum Gasteiger partial charge on any atom is -0.507 e. The van der Waals surface area contributed by atoms with Crippen molar-refractivity contribution in [1.29, 1.82) is 0 Å². The average Bonchev–Trinajstić information content (AvgIpc) is 2.38. The van der Waals surface area contributed by atoms with Crippen molar-refractivity contribution < 1.29 is 19.4 Å². The first-order valence-electron chi connectivity index (χ1n) is 5.79. The summed E-state index contributed by atoms with van der Waals surface area (Å²) in [6, 6.07) is 4.11. The van der Waals surface area contributed by atoms with Crippen molar-refractivity contribution in [3.05, 3.63) is 29.3 Å². The zero-order valence-corrected chi connectivity index (χ0v) is 10.5. The summed E-state index contributed by atoms with van der Waals surface area (Å²) in [5, 5.41) is 12.4. The van der Waals surface area contributed by atoms with Gasteiger partial charge in [-0.1, -0.05) is 13.3 Å². The maximum atomic E-state index is 11.7. The second-order valence-electron chi connectivity index (χ2n) is 3.83. The Morgan fingerprint density at radius 2 is 2.11 bits per heavy atom. The van der Waals surface area contributed by atoms with Gasteiger partial charge >= 0.3 is 5.97 Å². The Bertz CT molecular complexity index is 443. The fourth-order valence-corrected chi connectivity index (χ4v) is 1.44. The van der Waals surface area contributed by atoms with Crippen LogP contribution in [0.5, 0.6) is 5.75 Å². The van der Waals surface area contributed by atoms with Gasteiger partial charge in [-0.25, -0.2) is 4.79 Å². The van der Waals surface area contributed by atoms with Crippen LogP contribution >= 0.6 is 0 Å². The van der Waals surface area contributed by atoms with E-state index in [9.17, 15) is 14.7 Å². The van der Waals surface area contributed by atoms with E-state index in [2.05, 4.69) is 10.1 Å². The van der Waals surface area contributed by atoms with Gasteiger partial charge in [0.05, 0.1) is 7.11 Å². The third-order valence-corrected chi connectivity index (χ3v) is 2.48. The van der Waals surface area contributed by atoms with Gasteiger partial charge in [-0.05, 0) is 24.6 Å². The van der Waals surface area contributed by atoms with Gasteiger partial charge in [-0.2, -0.15) is 0 Å². The molecule has 0 aliphatic rings. The van der Waals surface area contributed by atoms with Crippen LogP contribution in [0, 0.1) is 0 Å². The second-order valence-corrected chi connectivity index (χ2v) is 3.83. The molecular formula is C13H17NO4. The Hall–Kier alpha value is -2.04. The van der Waals surface area contributed by atoms with Crippen LogP contribution in [-0.4, -0.2) is 30.6 Å². The molecule has 0 fully saturated rings. The predicted octanol–water partition coefficient (Wildman–Crippen LogP) is 1.71. The van der Waals surface area contributed by atoms with Gasteiger partial charge in [0.1, 0.15) is 11.3 Å². The molecule has 0 saturated heterocycles. The van der Waals surface area contributed by atoms with E-state index in [0.717, 1.165) is 12.8 Å². The highest BCUT2D eigenvalue weighted by Crippen LogP contribution is 2.19. The lowest BCUT2D eigenvalue weighted by molar-refractivity contribution is 0.0597. The summed E-state index contributed by atoms with van der Waals surface area (Å²) < 4.78 is 4.50. The third kappa shape index (κ3) is 3.48. The van der Waals surface area contributed by atoms with Crippen molar-refractivity contribution in [1.82, 2.24) is 5.32 Å². The molecule has 18 heavy (non-hydrogen) atoms. The fraction of sp³-hybridized carbons (Fsp3) is 0.385. The van der Waals surface area contributed by atoms with Crippen LogP contribution in [0.15, 0.2) is 18.2 Å². The lowest BCUT2D eigenvalue weighted by Gasteiger charge is -2.07. The molecule has 0 unspecified atom stereocenters. The molecule has 0 atom stereocenters. The number of phenols is 1. The molecule has 1 aromatic carbocycles. The number of carbonyl (C=O) groups is 2. The highest BCUT2D eigenvalue weighted by atomic mass is 16.5. The van der Waals surface area contributed by atoms with E-state index >= 15 is 0 Å². The molecule has 0 saturated carbocycles. The van der Waals surface area contributed by atoms with E-state index in [-0.39, 0.29) is 17.2 Å². The molecule has 5 nitrogen and oxygen atoms in total. The average molecular weight is 251 g/mol. The number of amides is 1. The summed E-state index contributed by atoms with van der Waals surface area (Å²) in [6.45, 7) is 2.62. The van der Waals surface area contributed by atoms with Gasteiger partial charge in [0.2, 0.25) is 0 Å². The van der Waals surface area contributed by atoms with E-state index in [1.165, 1.54) is 25.3 Å². The Balaban J connectivity index is 2.77. The summed E-state index contributed by atoms with van der Waals surface area (Å²) >= 11 is 0. The van der Waals surface area contributed by atoms with E-state index < -0.39 is 5.97 Å². The molecule has 98 valence electrons. The number of hydrogen-bond donors (Lipinski definition) is 2. The Labute approximate surface area is 106 Å². The largest absolute Gasteiger partial charge is 0.507 e. The Morgan fingerprint density at radius 3 is 2.67 bits per heavy atom. The zero-order chi connectivity index (χ0) is 13.5. The van der Waals surface area contributed by atoms with E-state index in [0.29, 0.717) is 12.1 Å². The van der Waals surface area contributed by atoms with Crippen molar-refractivity contribution >= 4 is 11.9 Å². The van der Waals surface area contributed by atoms with Crippen molar-refractivity contribution in [3.8, 4) is 5.75 Å². The summed E-state index contributed by atoms with van der Waals surface area (Å²) in [7, 11) is 1.23. The zero-order valence-electron chi connectivity index (χ0n) is 10.5. The summed E-state index contributed by atoms with van der Waals surface area (Å²) in [4.78, 5) is 22.9. The lowest BCUT2D eigenvalue weighted by atomic mass is 10.1. The van der Waals surface area contributed by atoms with Gasteiger partial charge in [0, 0.05) is 12.1 Å². The molecule has 0 spiro atoms. The fourth-order valence-electron chi connectivity index (χ4n) is 1.44. The number of benzene rings is 1. The van der Waals surface area contributed by atoms with Gasteiger partial charge in [-0.15, -0.1) is 0 Å². The number of carbonyl (C=O) groups excluding carboxylic acids is 2. The van der Waals surface area contributed by atoms with Crippen molar-refractivity contribution in [2.24, 2.45) is 0 Å². The van der Waals surface area contributed by atoms with Crippen LogP contribution in [0.25, 0.3) is 0 Å². The highest BCUT2D eigenvalue weighted by molar-refractivity contribution is 5.98. The van der Waals surface area contributed by atoms with Crippen molar-refractivity contribution in [2.45, 2.75) is 19.8 Å². The summed E-state index contributed by atoms with van der Waals surface area (Å²) in [5.41, 5.74) is 0.360. The minimum atomic E-state index is -0.634. The lowest BCUT2D eigenvalue weighted by Crippen LogP contribution is -2.24. The number of hydrogen-bond acceptors (Lipinski definition) is 4. The molecular weight excluding hydrogens is 234 g/mol. The van der Waals surface area contributed by atoms with E-state index in [4.69, 9.17) is 0 Å². The number of unbranched alkanes of at least 4 members (excludes halogenated alkanes) is 1. The second kappa shape index (κ2) is 6.64. The maximum Gasteiger partial charge on any atom is 0.341 e. The van der Waals surface area contributed by atoms with Crippen LogP contribution in [0.2, 0.25) is 0 Å². The van der Waals surface area contributed by atoms with E-state index in [1.54, 1.807) is 0 Å². The van der Waals surface area contributed by atoms with Crippen molar-refractivity contribution in [2.75, 3.05) is 13.7 Å². The SMILES string of the molecule is CCCCNC(=O)c1ccc(C(=O)OC)c(O)c1. The highest BCUT2D eigenvalue weighted by Gasteiger charge is 2.14. The Morgan fingerprint density at radius 1 is 1.39 bits per heavy atom. The molecule has 0 heterocycles. The van der Waals surface area contributed by atoms with E-state index in [1.807, 2.05) is 6.92 Å². The number of nitrogens with one attached hydrogen (secondary N) is 1. The standard InChI is InChI=1S/C13H17NO4/c1-3-4-7-14-12(16)9-5-6-10(11(15)8-9)13(17)18-2/h5-6,8,15H,3-4,7H2,1-2H3,(H,14,16). The molecule has 0 aliphatic heterocycles. The topological polar surface area (TPSA) is 75.6 Å². The monoisotopic (exact) mass is 251 g/mol. The summed E-state index contributed by atoms with van der Waals surface area (Å²) in [5.74, 6) is -1.16. The van der Waals surface area contributed by atoms with Gasteiger partial charge in [0.15, 0.2) is 0 Å². The quantitative estimate of drug-likeness (QED) is 0.617. The molecule has 5 heteroatoms. The maximum absolute atomic E-state index is 11.7. The van der Waals surface area contributed by atoms with Crippen LogP contribution < -0.4 is 5.32 Å². The first-order chi connectivity index (χ1) is 8.60. The molecule has 0 radical (unpaired) electrons. The van der Waals surface area contributed by atoms with Crippen LogP contribution in [0.4, 0.5) is 0 Å². The number of esters is 1.